The third kappa shape index (κ3) is 14.5. The van der Waals surface area contributed by atoms with Crippen LogP contribution in [0.1, 0.15) is 92.9 Å². The van der Waals surface area contributed by atoms with Gasteiger partial charge in [0.15, 0.2) is 0 Å². The van der Waals surface area contributed by atoms with Crippen molar-refractivity contribution in [2.75, 3.05) is 13.2 Å². The van der Waals surface area contributed by atoms with Crippen molar-refractivity contribution < 1.29 is 33.7 Å². The summed E-state index contributed by atoms with van der Waals surface area (Å²) in [5.41, 5.74) is -0.0166. The Morgan fingerprint density at radius 3 is 1.90 bits per heavy atom. The summed E-state index contributed by atoms with van der Waals surface area (Å²) in [5.74, 6) is -1.12. The summed E-state index contributed by atoms with van der Waals surface area (Å²) in [4.78, 5) is 38.4. The van der Waals surface area contributed by atoms with E-state index in [0.717, 1.165) is 51.4 Å². The van der Waals surface area contributed by atoms with E-state index in [4.69, 9.17) is 19.3 Å². The van der Waals surface area contributed by atoms with Gasteiger partial charge in [-0.1, -0.05) is 74.6 Å². The molecule has 0 aliphatic rings. The second-order valence-electron chi connectivity index (χ2n) is 10.9. The van der Waals surface area contributed by atoms with E-state index in [1.807, 2.05) is 6.08 Å². The minimum absolute atomic E-state index is 0.238. The number of carbonyl (C=O) groups is 3. The number of amides is 1. The van der Waals surface area contributed by atoms with Crippen LogP contribution in [-0.4, -0.2) is 54.1 Å². The number of rotatable bonds is 17. The maximum Gasteiger partial charge on any atom is 0.408 e. The zero-order valence-electron chi connectivity index (χ0n) is 24.6. The molecule has 41 heavy (non-hydrogen) atoms. The fourth-order valence-electron chi connectivity index (χ4n) is 4.01. The maximum atomic E-state index is 13.0. The van der Waals surface area contributed by atoms with Gasteiger partial charge in [-0.3, -0.25) is 0 Å². The van der Waals surface area contributed by atoms with Crippen LogP contribution in [0.2, 0.25) is 0 Å². The number of aliphatic hydroxyl groups excluding tert-OH is 1. The van der Waals surface area contributed by atoms with Crippen LogP contribution in [0.3, 0.4) is 0 Å². The predicted octanol–water partition coefficient (Wildman–Crippen LogP) is 6.63. The number of carbonyl (C=O) groups excluding carboxylic acids is 3. The second-order valence-corrected chi connectivity index (χ2v) is 10.9. The van der Waals surface area contributed by atoms with E-state index in [0.29, 0.717) is 11.1 Å². The molecule has 2 N–H and O–H groups in total. The number of hydrogen-bond acceptors (Lipinski definition) is 7. The fraction of sp³-hybridized carbons (Fsp3) is 0.485. The highest BCUT2D eigenvalue weighted by molar-refractivity contribution is 5.90. The molecule has 0 aliphatic carbocycles. The SMILES string of the molecule is CC(C)(C)OC(=O)N[C@@H](COC(=O)c1ccccc1)[C@@H](/C=C/CCCCCCCCCO)OC(=O)c1ccccc1. The first-order valence-electron chi connectivity index (χ1n) is 14.4. The summed E-state index contributed by atoms with van der Waals surface area (Å²) in [6, 6.07) is 16.2. The number of alkyl carbamates (subject to hydrolysis) is 1. The Kier molecular flexibility index (Phi) is 15.3. The van der Waals surface area contributed by atoms with Crippen LogP contribution in [0.4, 0.5) is 4.79 Å². The van der Waals surface area contributed by atoms with Gasteiger partial charge in [-0.25, -0.2) is 14.4 Å². The third-order valence-electron chi connectivity index (χ3n) is 6.11. The maximum absolute atomic E-state index is 13.0. The van der Waals surface area contributed by atoms with Gasteiger partial charge in [0.1, 0.15) is 24.4 Å². The van der Waals surface area contributed by atoms with Gasteiger partial charge in [-0.05, 0) is 70.4 Å². The summed E-state index contributed by atoms with van der Waals surface area (Å²) in [5, 5.41) is 11.6. The molecule has 2 aromatic carbocycles. The molecule has 2 rings (SSSR count). The van der Waals surface area contributed by atoms with Crippen LogP contribution in [-0.2, 0) is 14.2 Å². The first kappa shape index (κ1) is 33.6. The molecule has 2 atom stereocenters. The number of esters is 2. The molecule has 0 radical (unpaired) electrons. The molecule has 0 aliphatic heterocycles. The molecule has 0 aromatic heterocycles. The van der Waals surface area contributed by atoms with Crippen LogP contribution in [0.5, 0.6) is 0 Å². The van der Waals surface area contributed by atoms with Crippen molar-refractivity contribution in [3.05, 3.63) is 83.9 Å². The third-order valence-corrected chi connectivity index (χ3v) is 6.11. The lowest BCUT2D eigenvalue weighted by Gasteiger charge is -2.27. The van der Waals surface area contributed by atoms with Crippen molar-refractivity contribution in [1.29, 1.82) is 0 Å². The molecular weight excluding hydrogens is 522 g/mol. The van der Waals surface area contributed by atoms with E-state index in [9.17, 15) is 14.4 Å². The van der Waals surface area contributed by atoms with Gasteiger partial charge in [0, 0.05) is 6.61 Å². The Labute approximate surface area is 244 Å². The van der Waals surface area contributed by atoms with Crippen LogP contribution in [0.15, 0.2) is 72.8 Å². The van der Waals surface area contributed by atoms with Gasteiger partial charge in [0.25, 0.3) is 0 Å². The number of ether oxygens (including phenoxy) is 3. The average molecular weight is 568 g/mol. The number of aliphatic hydroxyl groups is 1. The summed E-state index contributed by atoms with van der Waals surface area (Å²) < 4.78 is 16.8. The lowest BCUT2D eigenvalue weighted by Crippen LogP contribution is -2.49. The van der Waals surface area contributed by atoms with E-state index in [1.54, 1.807) is 87.5 Å². The van der Waals surface area contributed by atoms with E-state index in [-0.39, 0.29) is 13.2 Å². The van der Waals surface area contributed by atoms with Gasteiger partial charge in [0.2, 0.25) is 0 Å². The monoisotopic (exact) mass is 567 g/mol. The van der Waals surface area contributed by atoms with E-state index in [2.05, 4.69) is 5.32 Å². The molecule has 224 valence electrons. The lowest BCUT2D eigenvalue weighted by atomic mass is 10.1. The quantitative estimate of drug-likeness (QED) is 0.0955. The van der Waals surface area contributed by atoms with Crippen LogP contribution < -0.4 is 5.32 Å². The molecule has 8 heteroatoms. The van der Waals surface area contributed by atoms with Crippen molar-refractivity contribution in [2.45, 2.75) is 89.9 Å². The number of nitrogens with one attached hydrogen (secondary N) is 1. The average Bonchev–Trinajstić information content (AvgIpc) is 2.95. The highest BCUT2D eigenvalue weighted by Crippen LogP contribution is 2.14. The molecular formula is C33H45NO7. The summed E-state index contributed by atoms with van der Waals surface area (Å²) >= 11 is 0. The van der Waals surface area contributed by atoms with Gasteiger partial charge in [0.05, 0.1) is 11.1 Å². The van der Waals surface area contributed by atoms with Crippen molar-refractivity contribution in [3.8, 4) is 0 Å². The largest absolute Gasteiger partial charge is 0.460 e. The van der Waals surface area contributed by atoms with Crippen LogP contribution in [0.25, 0.3) is 0 Å². The molecule has 0 unspecified atom stereocenters. The predicted molar refractivity (Wildman–Crippen MR) is 159 cm³/mol. The van der Waals surface area contributed by atoms with Gasteiger partial charge in [-0.2, -0.15) is 0 Å². The van der Waals surface area contributed by atoms with E-state index >= 15 is 0 Å². The summed E-state index contributed by atoms with van der Waals surface area (Å²) in [6.45, 7) is 5.25. The van der Waals surface area contributed by atoms with Crippen molar-refractivity contribution >= 4 is 18.0 Å². The Balaban J connectivity index is 2.14. The lowest BCUT2D eigenvalue weighted by molar-refractivity contribution is 0.0103. The molecule has 8 nitrogen and oxygen atoms in total. The molecule has 0 saturated carbocycles. The zero-order chi connectivity index (χ0) is 29.9. The fourth-order valence-corrected chi connectivity index (χ4v) is 4.01. The molecule has 0 heterocycles. The van der Waals surface area contributed by atoms with Crippen LogP contribution >= 0.6 is 0 Å². The van der Waals surface area contributed by atoms with Crippen molar-refractivity contribution in [2.24, 2.45) is 0 Å². The normalized spacial score (nSPS) is 12.9. The van der Waals surface area contributed by atoms with Gasteiger partial charge in [-0.15, -0.1) is 0 Å². The van der Waals surface area contributed by atoms with Crippen molar-refractivity contribution in [1.82, 2.24) is 5.32 Å². The number of unbranched alkanes of at least 4 members (excludes halogenated alkanes) is 7. The number of hydrogen-bond donors (Lipinski definition) is 2. The van der Waals surface area contributed by atoms with Crippen molar-refractivity contribution in [3.63, 3.8) is 0 Å². The Bertz CT molecular complexity index is 1060. The first-order chi connectivity index (χ1) is 19.7. The summed E-state index contributed by atoms with van der Waals surface area (Å²) in [7, 11) is 0. The minimum atomic E-state index is -0.919. The topological polar surface area (TPSA) is 111 Å². The molecule has 2 aromatic rings. The van der Waals surface area contributed by atoms with Crippen LogP contribution in [0, 0.1) is 0 Å². The zero-order valence-corrected chi connectivity index (χ0v) is 24.6. The minimum Gasteiger partial charge on any atom is -0.460 e. The Morgan fingerprint density at radius 1 is 0.805 bits per heavy atom. The standard InChI is InChI=1S/C33H45NO7/c1-33(2,3)41-32(38)34-28(25-39-30(36)26-19-13-11-14-20-26)29(40-31(37)27-21-15-12-16-22-27)23-17-9-7-5-4-6-8-10-18-24-35/h11-17,19-23,28-29,35H,4-10,18,24-25H2,1-3H3,(H,34,38)/b23-17+/t28-,29+/m0/s1. The first-order valence-corrected chi connectivity index (χ1v) is 14.4. The van der Waals surface area contributed by atoms with Gasteiger partial charge < -0.3 is 24.6 Å². The number of benzene rings is 2. The second kappa shape index (κ2) is 18.7. The van der Waals surface area contributed by atoms with Gasteiger partial charge >= 0.3 is 18.0 Å². The molecule has 0 bridgehead atoms. The highest BCUT2D eigenvalue weighted by Gasteiger charge is 2.29. The smallest absolute Gasteiger partial charge is 0.408 e. The Hall–Kier alpha value is -3.65. The summed E-state index contributed by atoms with van der Waals surface area (Å²) in [6.07, 6.45) is 10.1. The van der Waals surface area contributed by atoms with E-state index < -0.39 is 35.8 Å². The molecule has 1 amide bonds. The van der Waals surface area contributed by atoms with E-state index in [1.165, 1.54) is 0 Å². The molecule has 0 saturated heterocycles. The molecule has 0 spiro atoms. The number of allylic oxidation sites excluding steroid dienone is 1. The highest BCUT2D eigenvalue weighted by atomic mass is 16.6. The molecule has 0 fully saturated rings. The Morgan fingerprint density at radius 2 is 1.34 bits per heavy atom.